The van der Waals surface area contributed by atoms with Gasteiger partial charge in [0.1, 0.15) is 17.1 Å². The number of halogens is 1. The van der Waals surface area contributed by atoms with E-state index in [9.17, 15) is 0 Å². The Morgan fingerprint density at radius 2 is 1.85 bits per heavy atom. The van der Waals surface area contributed by atoms with Crippen molar-refractivity contribution >= 4 is 22.5 Å². The highest BCUT2D eigenvalue weighted by molar-refractivity contribution is 5.77. The van der Waals surface area contributed by atoms with E-state index in [1.807, 2.05) is 50.2 Å². The summed E-state index contributed by atoms with van der Waals surface area (Å²) in [5.74, 6) is 0.473. The summed E-state index contributed by atoms with van der Waals surface area (Å²) in [4.78, 5) is 0. The van der Waals surface area contributed by atoms with Crippen molar-refractivity contribution in [1.29, 1.82) is 0 Å². The summed E-state index contributed by atoms with van der Waals surface area (Å²) in [6.45, 7) is 12.8. The van der Waals surface area contributed by atoms with Gasteiger partial charge in [-0.25, -0.2) is 9.07 Å². The minimum absolute atomic E-state index is 0.0846. The number of para-hydroxylation sites is 1. The third-order valence-corrected chi connectivity index (χ3v) is 6.19. The van der Waals surface area contributed by atoms with E-state index in [-0.39, 0.29) is 11.6 Å². The average Bonchev–Trinajstić information content (AvgIpc) is 3.25. The van der Waals surface area contributed by atoms with Crippen LogP contribution < -0.4 is 5.73 Å². The minimum Gasteiger partial charge on any atom is -0.494 e. The smallest absolute Gasteiger partial charge is 0.148 e. The van der Waals surface area contributed by atoms with Crippen LogP contribution in [0.3, 0.4) is 0 Å². The van der Waals surface area contributed by atoms with Crippen molar-refractivity contribution in [3.63, 3.8) is 0 Å². The second-order valence-corrected chi connectivity index (χ2v) is 8.98. The van der Waals surface area contributed by atoms with Crippen LogP contribution in [0.4, 0.5) is 10.1 Å². The molecule has 0 fully saturated rings. The highest BCUT2D eigenvalue weighted by Crippen LogP contribution is 2.40. The molecule has 4 rings (SSSR count). The molecule has 0 aliphatic rings. The molecule has 6 heteroatoms. The fourth-order valence-corrected chi connectivity index (χ4v) is 4.54. The monoisotopic (exact) mass is 458 g/mol. The molecule has 0 saturated carbocycles. The first-order chi connectivity index (χ1) is 16.3. The van der Waals surface area contributed by atoms with Crippen molar-refractivity contribution in [3.8, 4) is 5.69 Å². The van der Waals surface area contributed by atoms with Crippen LogP contribution in [0, 0.1) is 18.7 Å². The van der Waals surface area contributed by atoms with Gasteiger partial charge in [-0.2, -0.15) is 0 Å². The highest BCUT2D eigenvalue weighted by atomic mass is 19.1. The molecular weight excluding hydrogens is 427 g/mol. The van der Waals surface area contributed by atoms with Gasteiger partial charge in [0.2, 0.25) is 0 Å². The van der Waals surface area contributed by atoms with Crippen molar-refractivity contribution in [2.75, 3.05) is 12.3 Å². The Balaban J connectivity index is 1.86. The predicted molar refractivity (Wildman–Crippen MR) is 136 cm³/mol. The molecule has 3 aromatic carbocycles. The molecule has 4 aromatic rings. The van der Waals surface area contributed by atoms with Gasteiger partial charge in [-0.1, -0.05) is 62.0 Å². The lowest BCUT2D eigenvalue weighted by Crippen LogP contribution is -2.14. The first-order valence-corrected chi connectivity index (χ1v) is 11.6. The number of nitrogen functional groups attached to an aromatic ring is 1. The van der Waals surface area contributed by atoms with Crippen LogP contribution >= 0.6 is 0 Å². The maximum absolute atomic E-state index is 15.3. The Kier molecular flexibility index (Phi) is 6.68. The Labute approximate surface area is 200 Å². The van der Waals surface area contributed by atoms with Crippen LogP contribution in [0.1, 0.15) is 55.4 Å². The first-order valence-electron chi connectivity index (χ1n) is 11.6. The quantitative estimate of drug-likeness (QED) is 0.238. The summed E-state index contributed by atoms with van der Waals surface area (Å²) in [7, 11) is 0. The molecule has 0 amide bonds. The summed E-state index contributed by atoms with van der Waals surface area (Å²) in [6.07, 6.45) is 0.817. The van der Waals surface area contributed by atoms with Gasteiger partial charge in [-0.3, -0.25) is 0 Å². The zero-order valence-electron chi connectivity index (χ0n) is 20.2. The molecule has 1 atom stereocenters. The Morgan fingerprint density at radius 1 is 1.15 bits per heavy atom. The summed E-state index contributed by atoms with van der Waals surface area (Å²) < 4.78 is 22.5. The van der Waals surface area contributed by atoms with Crippen molar-refractivity contribution in [1.82, 2.24) is 15.0 Å². The van der Waals surface area contributed by atoms with Gasteiger partial charge >= 0.3 is 0 Å². The maximum atomic E-state index is 15.3. The molecule has 1 heterocycles. The van der Waals surface area contributed by atoms with Gasteiger partial charge in [0.15, 0.2) is 0 Å². The predicted octanol–water partition coefficient (Wildman–Crippen LogP) is 6.64. The molecule has 0 aliphatic carbocycles. The summed E-state index contributed by atoms with van der Waals surface area (Å²) in [5.41, 5.74) is 12.5. The molecule has 0 spiro atoms. The Hall–Kier alpha value is -3.67. The summed E-state index contributed by atoms with van der Waals surface area (Å²) in [5, 5.41) is 8.57. The number of aromatic nitrogens is 3. The highest BCUT2D eigenvalue weighted by Gasteiger charge is 2.25. The van der Waals surface area contributed by atoms with E-state index in [4.69, 9.17) is 10.5 Å². The molecule has 5 nitrogen and oxygen atoms in total. The number of rotatable bonds is 8. The zero-order chi connectivity index (χ0) is 24.4. The van der Waals surface area contributed by atoms with E-state index >= 15 is 4.39 Å². The van der Waals surface area contributed by atoms with Gasteiger partial charge in [0.25, 0.3) is 0 Å². The number of fused-ring (bicyclic) bond motifs is 1. The number of hydrogen-bond donors (Lipinski definition) is 1. The van der Waals surface area contributed by atoms with Crippen molar-refractivity contribution in [2.24, 2.45) is 5.92 Å². The fraction of sp³-hybridized carbons (Fsp3) is 0.286. The van der Waals surface area contributed by atoms with Gasteiger partial charge in [-0.15, -0.1) is 5.10 Å². The number of nitrogens with zero attached hydrogens (tertiary/aromatic N) is 3. The third-order valence-electron chi connectivity index (χ3n) is 6.19. The number of ether oxygens (including phenoxy) is 1. The second kappa shape index (κ2) is 9.67. The first kappa shape index (κ1) is 23.5. The maximum Gasteiger partial charge on any atom is 0.148 e. The van der Waals surface area contributed by atoms with Crippen molar-refractivity contribution in [2.45, 2.75) is 40.0 Å². The average molecular weight is 459 g/mol. The van der Waals surface area contributed by atoms with Crippen LogP contribution in [0.25, 0.3) is 22.5 Å². The third kappa shape index (κ3) is 4.40. The van der Waals surface area contributed by atoms with E-state index < -0.39 is 5.82 Å². The van der Waals surface area contributed by atoms with E-state index in [0.29, 0.717) is 24.0 Å². The van der Waals surface area contributed by atoms with E-state index in [1.165, 1.54) is 6.07 Å². The number of hydrogen-bond acceptors (Lipinski definition) is 4. The van der Waals surface area contributed by atoms with Crippen LogP contribution in [-0.2, 0) is 4.74 Å². The van der Waals surface area contributed by atoms with Crippen LogP contribution in [0.5, 0.6) is 0 Å². The molecule has 2 N–H and O–H groups in total. The molecule has 34 heavy (non-hydrogen) atoms. The van der Waals surface area contributed by atoms with Gasteiger partial charge in [0.05, 0.1) is 23.5 Å². The molecule has 176 valence electrons. The molecule has 1 unspecified atom stereocenters. The molecule has 0 radical (unpaired) electrons. The normalized spacial score (nSPS) is 12.3. The van der Waals surface area contributed by atoms with Crippen molar-refractivity contribution < 1.29 is 9.13 Å². The number of nitrogens with two attached hydrogens (primary N) is 1. The fourth-order valence-electron chi connectivity index (χ4n) is 4.54. The summed E-state index contributed by atoms with van der Waals surface area (Å²) >= 11 is 0. The van der Waals surface area contributed by atoms with Crippen LogP contribution in [0.15, 0.2) is 61.2 Å². The lowest BCUT2D eigenvalue weighted by atomic mass is 9.81. The lowest BCUT2D eigenvalue weighted by Gasteiger charge is -2.26. The SMILES string of the molecule is C=C(OCC)c1ccc(C(CC(C)C)c2c(C)c(-n3nnc4ccccc43)cc(F)c2N)cc1. The van der Waals surface area contributed by atoms with E-state index in [0.717, 1.165) is 39.7 Å². The molecule has 1 aromatic heterocycles. The standard InChI is InChI=1S/C28H31FN4O/c1-6-34-19(5)20-11-13-21(14-12-20)22(15-17(2)3)27-18(4)26(16-23(29)28(27)30)33-25-10-8-7-9-24(25)31-32-33/h7-14,16-17,22H,5-6,15,30H2,1-4H3. The molecule has 0 bridgehead atoms. The molecular formula is C28H31FN4O. The topological polar surface area (TPSA) is 66.0 Å². The van der Waals surface area contributed by atoms with Crippen molar-refractivity contribution in [3.05, 3.63) is 89.2 Å². The van der Waals surface area contributed by atoms with Crippen LogP contribution in [-0.4, -0.2) is 21.6 Å². The van der Waals surface area contributed by atoms with Crippen LogP contribution in [0.2, 0.25) is 0 Å². The van der Waals surface area contributed by atoms with Gasteiger partial charge in [-0.05, 0) is 55.0 Å². The Morgan fingerprint density at radius 3 is 2.53 bits per heavy atom. The van der Waals surface area contributed by atoms with E-state index in [2.05, 4.69) is 42.9 Å². The van der Waals surface area contributed by atoms with Gasteiger partial charge < -0.3 is 10.5 Å². The minimum atomic E-state index is -0.453. The number of benzene rings is 3. The second-order valence-electron chi connectivity index (χ2n) is 8.98. The summed E-state index contributed by atoms with van der Waals surface area (Å²) in [6, 6.07) is 17.2. The van der Waals surface area contributed by atoms with Gasteiger partial charge in [0, 0.05) is 17.5 Å². The number of anilines is 1. The molecule has 0 saturated heterocycles. The Bertz CT molecular complexity index is 1320. The van der Waals surface area contributed by atoms with E-state index in [1.54, 1.807) is 4.68 Å². The lowest BCUT2D eigenvalue weighted by molar-refractivity contribution is 0.299. The largest absolute Gasteiger partial charge is 0.494 e. The zero-order valence-corrected chi connectivity index (χ0v) is 20.2. The molecule has 0 aliphatic heterocycles.